The highest BCUT2D eigenvalue weighted by atomic mass is 32.2. The first kappa shape index (κ1) is 16.7. The van der Waals surface area contributed by atoms with E-state index >= 15 is 0 Å². The minimum atomic E-state index is -4.47. The maximum Gasteiger partial charge on any atom is 0.278 e. The van der Waals surface area contributed by atoms with Crippen LogP contribution in [0.3, 0.4) is 0 Å². The van der Waals surface area contributed by atoms with Crippen molar-refractivity contribution in [3.8, 4) is 0 Å². The van der Waals surface area contributed by atoms with Gasteiger partial charge in [-0.25, -0.2) is 0 Å². The van der Waals surface area contributed by atoms with Crippen molar-refractivity contribution in [1.82, 2.24) is 0 Å². The lowest BCUT2D eigenvalue weighted by atomic mass is 9.70. The van der Waals surface area contributed by atoms with Gasteiger partial charge in [-0.2, -0.15) is 8.42 Å². The van der Waals surface area contributed by atoms with Gasteiger partial charge in [0.15, 0.2) is 10.5 Å². The van der Waals surface area contributed by atoms with Crippen molar-refractivity contribution in [3.63, 3.8) is 0 Å². The number of fused-ring (bicyclic) bond motifs is 2. The Labute approximate surface area is 138 Å². The molecule has 1 aromatic rings. The van der Waals surface area contributed by atoms with Gasteiger partial charge in [0.05, 0.1) is 0 Å². The molecule has 2 aliphatic carbocycles. The Hall–Kier alpha value is -1.20. The molecular weight excluding hydrogens is 312 g/mol. The molecule has 0 amide bonds. The third-order valence-electron chi connectivity index (χ3n) is 6.76. The summed E-state index contributed by atoms with van der Waals surface area (Å²) in [4.78, 5) is 13.2. The predicted molar refractivity (Wildman–Crippen MR) is 88.7 cm³/mol. The Bertz CT molecular complexity index is 738. The van der Waals surface area contributed by atoms with Gasteiger partial charge in [0, 0.05) is 5.41 Å². The standard InChI is InChI=1S/C18H24O4S/c1-16(2)14-10-11-17(16,3)15(19)18(14,23(20,21)22)12-9-13-7-5-4-6-8-13/h4-8,14H,9-12H2,1-3H3,(H,20,21,22). The molecule has 126 valence electrons. The van der Waals surface area contributed by atoms with Crippen LogP contribution in [0.4, 0.5) is 0 Å². The number of aryl methyl sites for hydroxylation is 1. The number of hydrogen-bond acceptors (Lipinski definition) is 3. The lowest BCUT2D eigenvalue weighted by Crippen LogP contribution is -2.52. The van der Waals surface area contributed by atoms with Gasteiger partial charge in [0.1, 0.15) is 0 Å². The van der Waals surface area contributed by atoms with E-state index in [0.29, 0.717) is 19.3 Å². The average Bonchev–Trinajstić information content (AvgIpc) is 2.78. The zero-order chi connectivity index (χ0) is 17.1. The van der Waals surface area contributed by atoms with Crippen LogP contribution in [0.1, 0.15) is 45.6 Å². The maximum atomic E-state index is 13.2. The van der Waals surface area contributed by atoms with Crippen molar-refractivity contribution in [2.45, 2.75) is 51.2 Å². The molecule has 1 N–H and O–H groups in total. The smallest absolute Gasteiger partial charge is 0.278 e. The molecule has 1 aromatic carbocycles. The van der Waals surface area contributed by atoms with Gasteiger partial charge in [-0.05, 0) is 42.6 Å². The SMILES string of the molecule is CC12CCC(C1(C)C)C(CCc1ccccc1)(S(=O)(=O)O)C2=O. The van der Waals surface area contributed by atoms with Crippen LogP contribution >= 0.6 is 0 Å². The molecule has 3 rings (SSSR count). The molecule has 4 nitrogen and oxygen atoms in total. The van der Waals surface area contributed by atoms with Crippen LogP contribution in [0.25, 0.3) is 0 Å². The fourth-order valence-corrected chi connectivity index (χ4v) is 6.63. The maximum absolute atomic E-state index is 13.2. The van der Waals surface area contributed by atoms with E-state index in [-0.39, 0.29) is 18.1 Å². The van der Waals surface area contributed by atoms with E-state index in [1.165, 1.54) is 0 Å². The first-order chi connectivity index (χ1) is 10.6. The lowest BCUT2D eigenvalue weighted by Gasteiger charge is -2.35. The van der Waals surface area contributed by atoms with Crippen molar-refractivity contribution >= 4 is 15.9 Å². The third kappa shape index (κ3) is 1.99. The van der Waals surface area contributed by atoms with Gasteiger partial charge in [-0.3, -0.25) is 9.35 Å². The number of benzene rings is 1. The van der Waals surface area contributed by atoms with Crippen molar-refractivity contribution in [1.29, 1.82) is 0 Å². The molecule has 2 fully saturated rings. The minimum absolute atomic E-state index is 0.151. The summed E-state index contributed by atoms with van der Waals surface area (Å²) in [6.07, 6.45) is 1.99. The number of rotatable bonds is 4. The number of carbonyl (C=O) groups excluding carboxylic acids is 1. The van der Waals surface area contributed by atoms with Gasteiger partial charge in [0.2, 0.25) is 0 Å². The second kappa shape index (κ2) is 4.90. The quantitative estimate of drug-likeness (QED) is 0.857. The van der Waals surface area contributed by atoms with E-state index in [2.05, 4.69) is 0 Å². The Balaban J connectivity index is 2.05. The van der Waals surface area contributed by atoms with Gasteiger partial charge < -0.3 is 0 Å². The number of ketones is 1. The summed E-state index contributed by atoms with van der Waals surface area (Å²) in [5, 5.41) is 0. The van der Waals surface area contributed by atoms with Gasteiger partial charge in [-0.15, -0.1) is 0 Å². The average molecular weight is 336 g/mol. The Morgan fingerprint density at radius 3 is 2.26 bits per heavy atom. The molecule has 0 saturated heterocycles. The molecule has 2 aliphatic rings. The first-order valence-corrected chi connectivity index (χ1v) is 9.57. The van der Waals surface area contributed by atoms with Crippen LogP contribution in [0.2, 0.25) is 0 Å². The molecule has 0 spiro atoms. The van der Waals surface area contributed by atoms with Crippen LogP contribution in [0, 0.1) is 16.7 Å². The van der Waals surface area contributed by atoms with Crippen molar-refractivity contribution in [2.75, 3.05) is 0 Å². The van der Waals surface area contributed by atoms with Crippen LogP contribution in [0.5, 0.6) is 0 Å². The highest BCUT2D eigenvalue weighted by Crippen LogP contribution is 2.69. The molecule has 0 heterocycles. The van der Waals surface area contributed by atoms with Crippen LogP contribution in [-0.4, -0.2) is 23.5 Å². The highest BCUT2D eigenvalue weighted by Gasteiger charge is 2.76. The predicted octanol–water partition coefficient (Wildman–Crippen LogP) is 3.27. The zero-order valence-corrected chi connectivity index (χ0v) is 14.7. The van der Waals surface area contributed by atoms with Gasteiger partial charge in [0.25, 0.3) is 10.1 Å². The van der Waals surface area contributed by atoms with E-state index < -0.39 is 25.7 Å². The fraction of sp³-hybridized carbons (Fsp3) is 0.611. The normalized spacial score (nSPS) is 35.7. The minimum Gasteiger partial charge on any atom is -0.297 e. The second-order valence-corrected chi connectivity index (χ2v) is 9.50. The summed E-state index contributed by atoms with van der Waals surface area (Å²) < 4.78 is 33.1. The largest absolute Gasteiger partial charge is 0.297 e. The summed E-state index contributed by atoms with van der Waals surface area (Å²) in [7, 11) is -4.47. The van der Waals surface area contributed by atoms with E-state index in [1.54, 1.807) is 0 Å². The third-order valence-corrected chi connectivity index (χ3v) is 8.36. The van der Waals surface area contributed by atoms with Gasteiger partial charge >= 0.3 is 0 Å². The Morgan fingerprint density at radius 2 is 1.78 bits per heavy atom. The molecule has 3 atom stereocenters. The zero-order valence-electron chi connectivity index (χ0n) is 13.9. The lowest BCUT2D eigenvalue weighted by molar-refractivity contribution is -0.130. The molecule has 0 aromatic heterocycles. The van der Waals surface area contributed by atoms with E-state index in [0.717, 1.165) is 5.56 Å². The number of carbonyl (C=O) groups is 1. The van der Waals surface area contributed by atoms with Crippen molar-refractivity contribution in [2.24, 2.45) is 16.7 Å². The topological polar surface area (TPSA) is 71.4 Å². The molecule has 23 heavy (non-hydrogen) atoms. The summed E-state index contributed by atoms with van der Waals surface area (Å²) in [6.45, 7) is 5.81. The monoisotopic (exact) mass is 336 g/mol. The molecular formula is C18H24O4S. The Morgan fingerprint density at radius 1 is 1.17 bits per heavy atom. The van der Waals surface area contributed by atoms with Crippen LogP contribution < -0.4 is 0 Å². The number of Topliss-reactive ketones (excluding diaryl/α,β-unsaturated/α-hetero) is 1. The van der Waals surface area contributed by atoms with E-state index in [9.17, 15) is 17.8 Å². The summed E-state index contributed by atoms with van der Waals surface area (Å²) in [5.41, 5.74) is -0.116. The highest BCUT2D eigenvalue weighted by molar-refractivity contribution is 7.88. The van der Waals surface area contributed by atoms with E-state index in [4.69, 9.17) is 0 Å². The fourth-order valence-electron chi connectivity index (χ4n) is 5.04. The molecule has 2 saturated carbocycles. The summed E-state index contributed by atoms with van der Waals surface area (Å²) >= 11 is 0. The molecule has 0 radical (unpaired) electrons. The number of hydrogen-bond donors (Lipinski definition) is 1. The van der Waals surface area contributed by atoms with Crippen molar-refractivity contribution < 1.29 is 17.8 Å². The van der Waals surface area contributed by atoms with Crippen molar-refractivity contribution in [3.05, 3.63) is 35.9 Å². The molecule has 0 aliphatic heterocycles. The summed E-state index contributed by atoms with van der Waals surface area (Å²) in [6, 6.07) is 9.52. The van der Waals surface area contributed by atoms with E-state index in [1.807, 2.05) is 51.1 Å². The van der Waals surface area contributed by atoms with Gasteiger partial charge in [-0.1, -0.05) is 51.1 Å². The van der Waals surface area contributed by atoms with Crippen LogP contribution in [0.15, 0.2) is 30.3 Å². The Kier molecular flexibility index (Phi) is 3.55. The summed E-state index contributed by atoms with van der Waals surface area (Å²) in [5.74, 6) is -0.615. The van der Waals surface area contributed by atoms with Crippen LogP contribution in [-0.2, 0) is 21.3 Å². The second-order valence-electron chi connectivity index (χ2n) is 7.82. The molecule has 5 heteroatoms. The molecule has 2 bridgehead atoms. The molecule has 3 unspecified atom stereocenters. The first-order valence-electron chi connectivity index (χ1n) is 8.13.